The van der Waals surface area contributed by atoms with E-state index in [1.165, 1.54) is 4.63 Å². The van der Waals surface area contributed by atoms with E-state index in [1.54, 1.807) is 0 Å². The number of rotatable bonds is 4. The average molecular weight is 277 g/mol. The molecule has 1 aliphatic rings. The monoisotopic (exact) mass is 277 g/mol. The number of nitrogens with zero attached hydrogens (tertiary/aromatic N) is 6. The van der Waals surface area contributed by atoms with Crippen molar-refractivity contribution >= 4 is 11.5 Å². The van der Waals surface area contributed by atoms with Crippen LogP contribution < -0.4 is 10.2 Å². The molecule has 0 saturated carbocycles. The van der Waals surface area contributed by atoms with E-state index < -0.39 is 0 Å². The second kappa shape index (κ2) is 5.68. The van der Waals surface area contributed by atoms with Crippen molar-refractivity contribution in [2.24, 2.45) is 0 Å². The first kappa shape index (κ1) is 13.2. The third-order valence-corrected chi connectivity index (χ3v) is 3.34. The molecular weight excluding hydrogens is 258 g/mol. The van der Waals surface area contributed by atoms with Gasteiger partial charge < -0.3 is 15.0 Å². The number of anilines is 1. The molecule has 8 heteroatoms. The van der Waals surface area contributed by atoms with Crippen LogP contribution in [0.5, 0.6) is 0 Å². The molecule has 0 spiro atoms. The predicted octanol–water partition coefficient (Wildman–Crippen LogP) is -0.278. The lowest BCUT2D eigenvalue weighted by atomic mass is 10.2. The molecule has 1 atom stereocenters. The van der Waals surface area contributed by atoms with E-state index in [0.29, 0.717) is 24.9 Å². The van der Waals surface area contributed by atoms with Crippen molar-refractivity contribution < 1.29 is 4.74 Å². The number of aromatic nitrogens is 5. The van der Waals surface area contributed by atoms with Crippen LogP contribution in [0, 0.1) is 0 Å². The fourth-order valence-electron chi connectivity index (χ4n) is 2.29. The highest BCUT2D eigenvalue weighted by Gasteiger charge is 2.24. The zero-order valence-corrected chi connectivity index (χ0v) is 11.7. The summed E-state index contributed by atoms with van der Waals surface area (Å²) in [7, 11) is 0. The highest BCUT2D eigenvalue weighted by molar-refractivity contribution is 5.45. The lowest BCUT2D eigenvalue weighted by Gasteiger charge is -2.36. The highest BCUT2D eigenvalue weighted by Crippen LogP contribution is 2.17. The first-order chi connectivity index (χ1) is 9.74. The number of hydrogen-bond donors (Lipinski definition) is 1. The number of ether oxygens (including phenoxy) is 1. The van der Waals surface area contributed by atoms with Gasteiger partial charge in [-0.05, 0) is 22.6 Å². The summed E-state index contributed by atoms with van der Waals surface area (Å²) >= 11 is 0. The lowest BCUT2D eigenvalue weighted by molar-refractivity contribution is 0.0926. The minimum absolute atomic E-state index is 0.271. The molecule has 8 nitrogen and oxygen atoms in total. The molecule has 108 valence electrons. The Morgan fingerprint density at radius 3 is 3.20 bits per heavy atom. The molecule has 0 amide bonds. The van der Waals surface area contributed by atoms with E-state index in [2.05, 4.69) is 44.7 Å². The van der Waals surface area contributed by atoms with Gasteiger partial charge in [0.1, 0.15) is 0 Å². The van der Waals surface area contributed by atoms with E-state index in [4.69, 9.17) is 4.74 Å². The second-order valence-corrected chi connectivity index (χ2v) is 5.20. The standard InChI is InChI=1S/C12H19N7O/c1-9(2)13-7-10-8-20-6-5-18(10)12-4-3-11-14-16-17-19(11)15-12/h3-4,9-10,13H,5-8H2,1-2H3. The van der Waals surface area contributed by atoms with Crippen molar-refractivity contribution in [2.45, 2.75) is 25.9 Å². The van der Waals surface area contributed by atoms with Gasteiger partial charge in [-0.25, -0.2) is 0 Å². The Labute approximate surface area is 117 Å². The number of nitrogens with one attached hydrogen (secondary N) is 1. The molecule has 1 unspecified atom stereocenters. The molecule has 0 radical (unpaired) electrons. The molecule has 1 fully saturated rings. The maximum atomic E-state index is 5.58. The Balaban J connectivity index is 1.80. The van der Waals surface area contributed by atoms with Crippen LogP contribution in [0.2, 0.25) is 0 Å². The molecule has 1 saturated heterocycles. The third-order valence-electron chi connectivity index (χ3n) is 3.34. The van der Waals surface area contributed by atoms with Crippen LogP contribution in [0.3, 0.4) is 0 Å². The van der Waals surface area contributed by atoms with Gasteiger partial charge in [0.25, 0.3) is 0 Å². The summed E-state index contributed by atoms with van der Waals surface area (Å²) in [6, 6.07) is 4.56. The smallest absolute Gasteiger partial charge is 0.200 e. The van der Waals surface area contributed by atoms with E-state index in [0.717, 1.165) is 18.9 Å². The quantitative estimate of drug-likeness (QED) is 0.823. The van der Waals surface area contributed by atoms with Crippen molar-refractivity contribution in [3.05, 3.63) is 12.1 Å². The average Bonchev–Trinajstić information content (AvgIpc) is 2.92. The van der Waals surface area contributed by atoms with Gasteiger partial charge in [-0.1, -0.05) is 13.8 Å². The van der Waals surface area contributed by atoms with Gasteiger partial charge in [-0.3, -0.25) is 0 Å². The molecule has 0 bridgehead atoms. The van der Waals surface area contributed by atoms with Gasteiger partial charge in [0.15, 0.2) is 11.5 Å². The van der Waals surface area contributed by atoms with Crippen molar-refractivity contribution in [3.63, 3.8) is 0 Å². The van der Waals surface area contributed by atoms with E-state index in [9.17, 15) is 0 Å². The first-order valence-corrected chi connectivity index (χ1v) is 6.87. The van der Waals surface area contributed by atoms with Crippen LogP contribution in [-0.2, 0) is 4.74 Å². The van der Waals surface area contributed by atoms with E-state index in [-0.39, 0.29) is 6.04 Å². The van der Waals surface area contributed by atoms with E-state index >= 15 is 0 Å². The highest BCUT2D eigenvalue weighted by atomic mass is 16.5. The number of tetrazole rings is 1. The van der Waals surface area contributed by atoms with Crippen LogP contribution in [0.15, 0.2) is 12.1 Å². The van der Waals surface area contributed by atoms with Gasteiger partial charge in [-0.15, -0.1) is 14.8 Å². The Morgan fingerprint density at radius 2 is 2.35 bits per heavy atom. The van der Waals surface area contributed by atoms with Gasteiger partial charge in [0.05, 0.1) is 19.3 Å². The summed E-state index contributed by atoms with van der Waals surface area (Å²) in [6.07, 6.45) is 0. The molecule has 2 aromatic rings. The zero-order chi connectivity index (χ0) is 13.9. The molecule has 1 N–H and O–H groups in total. The molecular formula is C12H19N7O. The summed E-state index contributed by atoms with van der Waals surface area (Å²) in [5.41, 5.74) is 0.652. The fraction of sp³-hybridized carbons (Fsp3) is 0.667. The summed E-state index contributed by atoms with van der Waals surface area (Å²) in [6.45, 7) is 7.39. The SMILES string of the molecule is CC(C)NCC1COCCN1c1ccc2nnnn2n1. The topological polar surface area (TPSA) is 80.5 Å². The normalized spacial score (nSPS) is 19.9. The van der Waals surface area contributed by atoms with Crippen molar-refractivity contribution in [1.29, 1.82) is 0 Å². The van der Waals surface area contributed by atoms with Crippen molar-refractivity contribution in [2.75, 3.05) is 31.2 Å². The largest absolute Gasteiger partial charge is 0.377 e. The minimum Gasteiger partial charge on any atom is -0.377 e. The maximum absolute atomic E-state index is 5.58. The number of fused-ring (bicyclic) bond motifs is 1. The van der Waals surface area contributed by atoms with Crippen LogP contribution in [-0.4, -0.2) is 63.6 Å². The summed E-state index contributed by atoms with van der Waals surface area (Å²) < 4.78 is 7.04. The van der Waals surface area contributed by atoms with Crippen LogP contribution in [0.25, 0.3) is 5.65 Å². The molecule has 3 heterocycles. The summed E-state index contributed by atoms with van der Waals surface area (Å²) in [5.74, 6) is 0.878. The molecule has 3 rings (SSSR count). The number of morpholine rings is 1. The van der Waals surface area contributed by atoms with Crippen molar-refractivity contribution in [1.82, 2.24) is 30.6 Å². The van der Waals surface area contributed by atoms with Crippen LogP contribution in [0.4, 0.5) is 5.82 Å². The maximum Gasteiger partial charge on any atom is 0.200 e. The fourth-order valence-corrected chi connectivity index (χ4v) is 2.29. The van der Waals surface area contributed by atoms with Gasteiger partial charge in [0, 0.05) is 19.1 Å². The predicted molar refractivity (Wildman–Crippen MR) is 73.7 cm³/mol. The molecule has 1 aliphatic heterocycles. The van der Waals surface area contributed by atoms with Gasteiger partial charge >= 0.3 is 0 Å². The first-order valence-electron chi connectivity index (χ1n) is 6.87. The van der Waals surface area contributed by atoms with Gasteiger partial charge in [0.2, 0.25) is 0 Å². The van der Waals surface area contributed by atoms with Gasteiger partial charge in [-0.2, -0.15) is 0 Å². The Hall–Kier alpha value is -1.80. The molecule has 2 aromatic heterocycles. The zero-order valence-electron chi connectivity index (χ0n) is 11.7. The van der Waals surface area contributed by atoms with Crippen molar-refractivity contribution in [3.8, 4) is 0 Å². The van der Waals surface area contributed by atoms with E-state index in [1.807, 2.05) is 12.1 Å². The number of hydrogen-bond acceptors (Lipinski definition) is 7. The Bertz CT molecular complexity index is 570. The van der Waals surface area contributed by atoms with Crippen LogP contribution in [0.1, 0.15) is 13.8 Å². The van der Waals surface area contributed by atoms with Crippen LogP contribution >= 0.6 is 0 Å². The summed E-state index contributed by atoms with van der Waals surface area (Å²) in [4.78, 5) is 2.25. The minimum atomic E-state index is 0.271. The Morgan fingerprint density at radius 1 is 1.45 bits per heavy atom. The Kier molecular flexibility index (Phi) is 3.75. The lowest BCUT2D eigenvalue weighted by Crippen LogP contribution is -2.51. The molecule has 0 aliphatic carbocycles. The second-order valence-electron chi connectivity index (χ2n) is 5.20. The third kappa shape index (κ3) is 2.70. The molecule has 0 aromatic carbocycles. The molecule has 20 heavy (non-hydrogen) atoms. The summed E-state index contributed by atoms with van der Waals surface area (Å²) in [5, 5.41) is 19.2.